The number of primary amides is 1. The van der Waals surface area contributed by atoms with Gasteiger partial charge in [-0.25, -0.2) is 4.79 Å². The molecule has 0 aliphatic rings. The third-order valence-corrected chi connectivity index (χ3v) is 2.58. The minimum atomic E-state index is -0.847. The van der Waals surface area contributed by atoms with E-state index in [-0.39, 0.29) is 25.1 Å². The molecule has 1 unspecified atom stereocenters. The number of hydrogen-bond donors (Lipinski definition) is 3. The van der Waals surface area contributed by atoms with Crippen LogP contribution in [0.25, 0.3) is 0 Å². The van der Waals surface area contributed by atoms with Crippen molar-refractivity contribution in [3.8, 4) is 0 Å². The Kier molecular flexibility index (Phi) is 6.38. The topological polar surface area (TPSA) is 107 Å². The Labute approximate surface area is 112 Å². The summed E-state index contributed by atoms with van der Waals surface area (Å²) in [5, 5.41) is 2.62. The van der Waals surface area contributed by atoms with E-state index < -0.39 is 6.09 Å². The predicted molar refractivity (Wildman–Crippen MR) is 71.1 cm³/mol. The molecular formula is C13H19N3O3. The van der Waals surface area contributed by atoms with Gasteiger partial charge in [0.15, 0.2) is 0 Å². The van der Waals surface area contributed by atoms with Crippen molar-refractivity contribution in [3.63, 3.8) is 0 Å². The van der Waals surface area contributed by atoms with Crippen molar-refractivity contribution in [2.45, 2.75) is 18.9 Å². The first-order chi connectivity index (χ1) is 9.09. The lowest BCUT2D eigenvalue weighted by Gasteiger charge is -2.11. The monoisotopic (exact) mass is 265 g/mol. The van der Waals surface area contributed by atoms with Crippen LogP contribution >= 0.6 is 0 Å². The molecule has 5 N–H and O–H groups in total. The van der Waals surface area contributed by atoms with E-state index in [2.05, 4.69) is 10.1 Å². The fourth-order valence-corrected chi connectivity index (χ4v) is 1.58. The van der Waals surface area contributed by atoms with Gasteiger partial charge in [-0.3, -0.25) is 4.79 Å². The van der Waals surface area contributed by atoms with Gasteiger partial charge in [-0.05, 0) is 12.0 Å². The second-order valence-electron chi connectivity index (χ2n) is 4.07. The van der Waals surface area contributed by atoms with Crippen LogP contribution in [0.4, 0.5) is 4.79 Å². The first kappa shape index (κ1) is 15.0. The summed E-state index contributed by atoms with van der Waals surface area (Å²) in [4.78, 5) is 21.8. The summed E-state index contributed by atoms with van der Waals surface area (Å²) in [5.41, 5.74) is 11.8. The minimum Gasteiger partial charge on any atom is -0.448 e. The zero-order valence-electron chi connectivity index (χ0n) is 10.7. The van der Waals surface area contributed by atoms with Crippen LogP contribution < -0.4 is 16.8 Å². The molecule has 0 fully saturated rings. The van der Waals surface area contributed by atoms with Crippen LogP contribution in [0.2, 0.25) is 0 Å². The molecule has 1 atom stereocenters. The quantitative estimate of drug-likeness (QED) is 0.630. The molecule has 0 aliphatic heterocycles. The summed E-state index contributed by atoms with van der Waals surface area (Å²) in [6.45, 7) is 0.328. The molecule has 1 rings (SSSR count). The molecule has 6 nitrogen and oxygen atoms in total. The van der Waals surface area contributed by atoms with Crippen molar-refractivity contribution in [2.75, 3.05) is 13.2 Å². The van der Waals surface area contributed by atoms with E-state index in [9.17, 15) is 9.59 Å². The molecule has 6 heteroatoms. The van der Waals surface area contributed by atoms with Crippen LogP contribution in [0.1, 0.15) is 24.4 Å². The van der Waals surface area contributed by atoms with Gasteiger partial charge in [0.1, 0.15) is 6.61 Å². The molecule has 0 saturated carbocycles. The summed E-state index contributed by atoms with van der Waals surface area (Å²) < 4.78 is 4.49. The SMILES string of the molecule is NC(=O)OCCNC(=O)CCC(N)c1ccccc1. The van der Waals surface area contributed by atoms with Crippen LogP contribution in [0.5, 0.6) is 0 Å². The van der Waals surface area contributed by atoms with Gasteiger partial charge in [-0.15, -0.1) is 0 Å². The molecule has 0 heterocycles. The maximum Gasteiger partial charge on any atom is 0.404 e. The molecule has 0 saturated heterocycles. The number of nitrogens with two attached hydrogens (primary N) is 2. The molecule has 104 valence electrons. The number of hydrogen-bond acceptors (Lipinski definition) is 4. The second-order valence-corrected chi connectivity index (χ2v) is 4.07. The van der Waals surface area contributed by atoms with Crippen molar-refractivity contribution >= 4 is 12.0 Å². The highest BCUT2D eigenvalue weighted by Crippen LogP contribution is 2.14. The molecule has 0 bridgehead atoms. The summed E-state index contributed by atoms with van der Waals surface area (Å²) in [7, 11) is 0. The van der Waals surface area contributed by atoms with Gasteiger partial charge in [-0.1, -0.05) is 30.3 Å². The van der Waals surface area contributed by atoms with Crippen LogP contribution in [-0.4, -0.2) is 25.2 Å². The van der Waals surface area contributed by atoms with E-state index >= 15 is 0 Å². The van der Waals surface area contributed by atoms with Crippen molar-refractivity contribution in [3.05, 3.63) is 35.9 Å². The van der Waals surface area contributed by atoms with Gasteiger partial charge >= 0.3 is 6.09 Å². The van der Waals surface area contributed by atoms with Crippen LogP contribution in [0.3, 0.4) is 0 Å². The van der Waals surface area contributed by atoms with Gasteiger partial charge in [0.05, 0.1) is 6.54 Å². The molecule has 0 radical (unpaired) electrons. The van der Waals surface area contributed by atoms with E-state index in [1.807, 2.05) is 30.3 Å². The Balaban J connectivity index is 2.18. The number of benzene rings is 1. The summed E-state index contributed by atoms with van der Waals surface area (Å²) >= 11 is 0. The van der Waals surface area contributed by atoms with Crippen LogP contribution in [0.15, 0.2) is 30.3 Å². The van der Waals surface area contributed by atoms with Crippen molar-refractivity contribution in [2.24, 2.45) is 11.5 Å². The molecule has 2 amide bonds. The normalized spacial score (nSPS) is 11.6. The maximum atomic E-state index is 11.5. The van der Waals surface area contributed by atoms with Crippen molar-refractivity contribution in [1.29, 1.82) is 0 Å². The number of carbonyl (C=O) groups is 2. The molecule has 0 spiro atoms. The number of ether oxygens (including phenoxy) is 1. The number of nitrogens with one attached hydrogen (secondary N) is 1. The Morgan fingerprint density at radius 3 is 2.58 bits per heavy atom. The standard InChI is InChI=1S/C13H19N3O3/c14-11(10-4-2-1-3-5-10)6-7-12(17)16-8-9-19-13(15)18/h1-5,11H,6-9,14H2,(H2,15,18)(H,16,17). The lowest BCUT2D eigenvalue weighted by molar-refractivity contribution is -0.121. The fourth-order valence-electron chi connectivity index (χ4n) is 1.58. The summed E-state index contributed by atoms with van der Waals surface area (Å²) in [6, 6.07) is 9.45. The lowest BCUT2D eigenvalue weighted by atomic mass is 10.0. The average molecular weight is 265 g/mol. The lowest BCUT2D eigenvalue weighted by Crippen LogP contribution is -2.29. The Morgan fingerprint density at radius 1 is 1.26 bits per heavy atom. The Hall–Kier alpha value is -2.08. The molecule has 0 aromatic heterocycles. The first-order valence-electron chi connectivity index (χ1n) is 6.09. The highest BCUT2D eigenvalue weighted by Gasteiger charge is 2.08. The number of carbonyl (C=O) groups excluding carboxylic acids is 2. The molecule has 0 aliphatic carbocycles. The maximum absolute atomic E-state index is 11.5. The largest absolute Gasteiger partial charge is 0.448 e. The summed E-state index contributed by atoms with van der Waals surface area (Å²) in [6.07, 6.45) is 0.0412. The van der Waals surface area contributed by atoms with Gasteiger partial charge in [-0.2, -0.15) is 0 Å². The molecular weight excluding hydrogens is 246 g/mol. The third kappa shape index (κ3) is 6.42. The van der Waals surface area contributed by atoms with E-state index in [0.29, 0.717) is 12.8 Å². The smallest absolute Gasteiger partial charge is 0.404 e. The third-order valence-electron chi connectivity index (χ3n) is 2.58. The average Bonchev–Trinajstić information content (AvgIpc) is 2.41. The Bertz CT molecular complexity index is 409. The number of amides is 2. The van der Waals surface area contributed by atoms with Gasteiger partial charge in [0.25, 0.3) is 0 Å². The summed E-state index contributed by atoms with van der Waals surface area (Å²) in [5.74, 6) is -0.126. The van der Waals surface area contributed by atoms with Crippen LogP contribution in [0, 0.1) is 0 Å². The van der Waals surface area contributed by atoms with E-state index in [4.69, 9.17) is 11.5 Å². The fraction of sp³-hybridized carbons (Fsp3) is 0.385. The molecule has 1 aromatic carbocycles. The van der Waals surface area contributed by atoms with Crippen molar-refractivity contribution < 1.29 is 14.3 Å². The van der Waals surface area contributed by atoms with Gasteiger partial charge in [0, 0.05) is 12.5 Å². The Morgan fingerprint density at radius 2 is 1.95 bits per heavy atom. The zero-order valence-corrected chi connectivity index (χ0v) is 10.7. The molecule has 1 aromatic rings. The van der Waals surface area contributed by atoms with E-state index in [1.54, 1.807) is 0 Å². The van der Waals surface area contributed by atoms with Crippen molar-refractivity contribution in [1.82, 2.24) is 5.32 Å². The number of rotatable bonds is 7. The van der Waals surface area contributed by atoms with E-state index in [0.717, 1.165) is 5.56 Å². The molecule has 19 heavy (non-hydrogen) atoms. The second kappa shape index (κ2) is 8.10. The van der Waals surface area contributed by atoms with E-state index in [1.165, 1.54) is 0 Å². The highest BCUT2D eigenvalue weighted by molar-refractivity contribution is 5.75. The minimum absolute atomic E-state index is 0.0752. The van der Waals surface area contributed by atoms with Crippen LogP contribution in [-0.2, 0) is 9.53 Å². The predicted octanol–water partition coefficient (Wildman–Crippen LogP) is 0.678. The first-order valence-corrected chi connectivity index (χ1v) is 6.09. The highest BCUT2D eigenvalue weighted by atomic mass is 16.5. The zero-order chi connectivity index (χ0) is 14.1. The van der Waals surface area contributed by atoms with Gasteiger partial charge in [0.2, 0.25) is 5.91 Å². The van der Waals surface area contributed by atoms with Gasteiger partial charge < -0.3 is 21.5 Å².